The molecule has 0 heterocycles. The normalized spacial score (nSPS) is 9.94. The van der Waals surface area contributed by atoms with E-state index in [1.54, 1.807) is 0 Å². The first-order chi connectivity index (χ1) is 8.40. The van der Waals surface area contributed by atoms with Crippen LogP contribution in [0, 0.1) is 0 Å². The number of hydrogen-bond acceptors (Lipinski definition) is 0. The topological polar surface area (TPSA) is 0 Å². The highest BCUT2D eigenvalue weighted by atomic mass is 14.0. The minimum atomic E-state index is 1.13. The second kappa shape index (κ2) is 6.08. The summed E-state index contributed by atoms with van der Waals surface area (Å²) in [6, 6.07) is 14.9. The van der Waals surface area contributed by atoms with Crippen LogP contribution in [0.15, 0.2) is 54.3 Å². The molecule has 0 spiro atoms. The minimum Gasteiger partial charge on any atom is -0.125 e. The Morgan fingerprint density at radius 3 is 2.71 bits per heavy atom. The van der Waals surface area contributed by atoms with Gasteiger partial charge in [0.1, 0.15) is 0 Å². The van der Waals surface area contributed by atoms with Crippen molar-refractivity contribution in [3.05, 3.63) is 59.8 Å². The van der Waals surface area contributed by atoms with Crippen LogP contribution in [-0.2, 0) is 0 Å². The molecule has 0 fully saturated rings. The number of unbranched alkanes of at least 4 members (excludes halogenated alkanes) is 2. The van der Waals surface area contributed by atoms with E-state index in [4.69, 9.17) is 0 Å². The zero-order valence-corrected chi connectivity index (χ0v) is 10.3. The Labute approximate surface area is 103 Å². The fourth-order valence-electron chi connectivity index (χ4n) is 1.84. The molecule has 0 aliphatic carbocycles. The molecule has 0 atom stereocenters. The van der Waals surface area contributed by atoms with Crippen molar-refractivity contribution in [3.63, 3.8) is 0 Å². The van der Waals surface area contributed by atoms with Crippen LogP contribution in [0.1, 0.15) is 31.7 Å². The van der Waals surface area contributed by atoms with Gasteiger partial charge < -0.3 is 0 Å². The van der Waals surface area contributed by atoms with E-state index in [0.717, 1.165) is 6.42 Å². The molecular weight excluding hydrogens is 204 g/mol. The second-order valence-corrected chi connectivity index (χ2v) is 4.26. The molecule has 0 saturated heterocycles. The third-order valence-corrected chi connectivity index (χ3v) is 2.84. The monoisotopic (exact) mass is 222 g/mol. The highest BCUT2D eigenvalue weighted by Crippen LogP contribution is 2.16. The SMILES string of the molecule is CCCCC=C=Cc1ccc2ccccc2c1. The van der Waals surface area contributed by atoms with Gasteiger partial charge in [-0.3, -0.25) is 0 Å². The van der Waals surface area contributed by atoms with Crippen LogP contribution >= 0.6 is 0 Å². The zero-order chi connectivity index (χ0) is 11.9. The summed E-state index contributed by atoms with van der Waals surface area (Å²) in [5.41, 5.74) is 4.47. The van der Waals surface area contributed by atoms with Gasteiger partial charge in [0.25, 0.3) is 0 Å². The molecule has 2 aromatic rings. The van der Waals surface area contributed by atoms with Gasteiger partial charge in [-0.05, 0) is 47.4 Å². The Bertz CT molecular complexity index is 543. The van der Waals surface area contributed by atoms with Crippen LogP contribution in [0.3, 0.4) is 0 Å². The van der Waals surface area contributed by atoms with Crippen LogP contribution in [-0.4, -0.2) is 0 Å². The summed E-state index contributed by atoms with van der Waals surface area (Å²) in [6.07, 6.45) is 7.80. The average molecular weight is 222 g/mol. The van der Waals surface area contributed by atoms with Crippen molar-refractivity contribution in [1.29, 1.82) is 0 Å². The van der Waals surface area contributed by atoms with Gasteiger partial charge in [-0.25, -0.2) is 0 Å². The second-order valence-electron chi connectivity index (χ2n) is 4.26. The lowest BCUT2D eigenvalue weighted by Crippen LogP contribution is -1.74. The molecule has 0 aliphatic heterocycles. The Morgan fingerprint density at radius 2 is 1.88 bits per heavy atom. The molecule has 0 radical (unpaired) electrons. The molecule has 86 valence electrons. The zero-order valence-electron chi connectivity index (χ0n) is 10.3. The van der Waals surface area contributed by atoms with Gasteiger partial charge in [0, 0.05) is 0 Å². The highest BCUT2D eigenvalue weighted by molar-refractivity contribution is 5.84. The lowest BCUT2D eigenvalue weighted by molar-refractivity contribution is 0.815. The predicted octanol–water partition coefficient (Wildman–Crippen LogP) is 5.20. The van der Waals surface area contributed by atoms with Crippen LogP contribution in [0.2, 0.25) is 0 Å². The number of fused-ring (bicyclic) bond motifs is 1. The fourth-order valence-corrected chi connectivity index (χ4v) is 1.84. The van der Waals surface area contributed by atoms with Gasteiger partial charge in [0.2, 0.25) is 0 Å². The summed E-state index contributed by atoms with van der Waals surface area (Å²) in [7, 11) is 0. The van der Waals surface area contributed by atoms with Crippen molar-refractivity contribution in [2.45, 2.75) is 26.2 Å². The standard InChI is InChI=1S/C17H18/c1-2-3-4-5-6-9-15-12-13-16-10-7-8-11-17(16)14-15/h5,7-14H,2-4H2,1H3. The van der Waals surface area contributed by atoms with Crippen LogP contribution in [0.4, 0.5) is 0 Å². The van der Waals surface area contributed by atoms with Crippen molar-refractivity contribution in [2.24, 2.45) is 0 Å². The maximum Gasteiger partial charge on any atom is -0.0130 e. The van der Waals surface area contributed by atoms with Crippen molar-refractivity contribution >= 4 is 16.8 Å². The maximum atomic E-state index is 3.25. The summed E-state index contributed by atoms with van der Waals surface area (Å²) < 4.78 is 0. The summed E-state index contributed by atoms with van der Waals surface area (Å²) in [6.45, 7) is 2.21. The largest absolute Gasteiger partial charge is 0.125 e. The van der Waals surface area contributed by atoms with Crippen molar-refractivity contribution in [1.82, 2.24) is 0 Å². The molecule has 0 nitrogen and oxygen atoms in total. The number of rotatable bonds is 4. The van der Waals surface area contributed by atoms with Gasteiger partial charge in [-0.15, -0.1) is 5.73 Å². The third kappa shape index (κ3) is 3.34. The maximum absolute atomic E-state index is 3.25. The molecule has 2 rings (SSSR count). The number of hydrogen-bond donors (Lipinski definition) is 0. The van der Waals surface area contributed by atoms with E-state index in [2.05, 4.69) is 67.3 Å². The molecule has 0 bridgehead atoms. The van der Waals surface area contributed by atoms with E-state index < -0.39 is 0 Å². The van der Waals surface area contributed by atoms with Crippen molar-refractivity contribution < 1.29 is 0 Å². The average Bonchev–Trinajstić information content (AvgIpc) is 2.38. The predicted molar refractivity (Wildman–Crippen MR) is 76.0 cm³/mol. The van der Waals surface area contributed by atoms with Gasteiger partial charge in [-0.1, -0.05) is 49.7 Å². The molecular formula is C17H18. The van der Waals surface area contributed by atoms with Gasteiger partial charge in [-0.2, -0.15) is 0 Å². The Balaban J connectivity index is 2.16. The van der Waals surface area contributed by atoms with Crippen LogP contribution in [0.5, 0.6) is 0 Å². The van der Waals surface area contributed by atoms with E-state index in [-0.39, 0.29) is 0 Å². The fraction of sp³-hybridized carbons (Fsp3) is 0.235. The molecule has 0 unspecified atom stereocenters. The summed E-state index contributed by atoms with van der Waals surface area (Å²) in [5, 5.41) is 2.58. The van der Waals surface area contributed by atoms with E-state index in [9.17, 15) is 0 Å². The Kier molecular flexibility index (Phi) is 4.18. The molecule has 0 aliphatic rings. The first-order valence-corrected chi connectivity index (χ1v) is 6.30. The van der Waals surface area contributed by atoms with E-state index >= 15 is 0 Å². The van der Waals surface area contributed by atoms with Crippen molar-refractivity contribution in [2.75, 3.05) is 0 Å². The first kappa shape index (κ1) is 11.7. The minimum absolute atomic E-state index is 1.13. The summed E-state index contributed by atoms with van der Waals surface area (Å²) in [4.78, 5) is 0. The molecule has 0 saturated carbocycles. The number of allylic oxidation sites excluding steroid dienone is 1. The van der Waals surface area contributed by atoms with Crippen molar-refractivity contribution in [3.8, 4) is 0 Å². The third-order valence-electron chi connectivity index (χ3n) is 2.84. The Morgan fingerprint density at radius 1 is 1.06 bits per heavy atom. The Hall–Kier alpha value is -1.78. The summed E-state index contributed by atoms with van der Waals surface area (Å²) in [5.74, 6) is 0. The summed E-state index contributed by atoms with van der Waals surface area (Å²) >= 11 is 0. The smallest absolute Gasteiger partial charge is 0.0130 e. The van der Waals surface area contributed by atoms with Gasteiger partial charge in [0.15, 0.2) is 0 Å². The van der Waals surface area contributed by atoms with E-state index in [1.165, 1.54) is 29.2 Å². The molecule has 17 heavy (non-hydrogen) atoms. The van der Waals surface area contributed by atoms with E-state index in [1.807, 2.05) is 0 Å². The van der Waals surface area contributed by atoms with Gasteiger partial charge in [0.05, 0.1) is 0 Å². The molecule has 0 N–H and O–H groups in total. The number of benzene rings is 2. The molecule has 0 aromatic heterocycles. The lowest BCUT2D eigenvalue weighted by atomic mass is 10.1. The van der Waals surface area contributed by atoms with Crippen LogP contribution in [0.25, 0.3) is 16.8 Å². The molecule has 0 amide bonds. The molecule has 2 aromatic carbocycles. The van der Waals surface area contributed by atoms with Crippen LogP contribution < -0.4 is 0 Å². The quantitative estimate of drug-likeness (QED) is 0.493. The molecule has 0 heteroatoms. The first-order valence-electron chi connectivity index (χ1n) is 6.30. The van der Waals surface area contributed by atoms with E-state index in [0.29, 0.717) is 0 Å². The van der Waals surface area contributed by atoms with Gasteiger partial charge >= 0.3 is 0 Å². The lowest BCUT2D eigenvalue weighted by Gasteiger charge is -1.97. The highest BCUT2D eigenvalue weighted by Gasteiger charge is 1.91.